The van der Waals surface area contributed by atoms with Crippen LogP contribution in [0.4, 0.5) is 0 Å². The van der Waals surface area contributed by atoms with E-state index < -0.39 is 7.32 Å². The van der Waals surface area contributed by atoms with Crippen LogP contribution in [0.2, 0.25) is 10.0 Å². The summed E-state index contributed by atoms with van der Waals surface area (Å²) in [7, 11) is -0.913. The predicted molar refractivity (Wildman–Crippen MR) is 187 cm³/mol. The van der Waals surface area contributed by atoms with Crippen LogP contribution in [-0.4, -0.2) is 38.0 Å². The number of hydrogen-bond donors (Lipinski definition) is 0. The molecule has 0 heterocycles. The van der Waals surface area contributed by atoms with Gasteiger partial charge in [-0.1, -0.05) is 115 Å². The normalized spacial score (nSPS) is 12.4. The summed E-state index contributed by atoms with van der Waals surface area (Å²) in [5, 5.41) is 1.47. The quantitative estimate of drug-likeness (QED) is 0.0691. The lowest BCUT2D eigenvalue weighted by molar-refractivity contribution is -0.958. The zero-order valence-corrected chi connectivity index (χ0v) is 29.8. The van der Waals surface area contributed by atoms with Gasteiger partial charge in [0.05, 0.1) is 30.2 Å². The third-order valence-electron chi connectivity index (χ3n) is 8.61. The van der Waals surface area contributed by atoms with Gasteiger partial charge in [-0.2, -0.15) is 0 Å². The van der Waals surface area contributed by atoms with Crippen LogP contribution in [0.3, 0.4) is 0 Å². The number of aryl methyl sites for hydroxylation is 2. The molecule has 242 valence electrons. The van der Waals surface area contributed by atoms with E-state index in [0.29, 0.717) is 17.4 Å². The smallest absolute Gasteiger partial charge is 0.501 e. The van der Waals surface area contributed by atoms with E-state index in [-0.39, 0.29) is 6.04 Å². The number of unbranched alkanes of at least 4 members (excludes halogenated alkanes) is 6. The van der Waals surface area contributed by atoms with Crippen molar-refractivity contribution < 1.29 is 18.4 Å². The highest BCUT2D eigenvalue weighted by Crippen LogP contribution is 2.44. The lowest BCUT2D eigenvalue weighted by Gasteiger charge is -2.46. The lowest BCUT2D eigenvalue weighted by atomic mass is 9.92. The first-order valence-corrected chi connectivity index (χ1v) is 17.9. The van der Waals surface area contributed by atoms with Crippen molar-refractivity contribution in [1.82, 2.24) is 0 Å². The molecule has 43 heavy (non-hydrogen) atoms. The van der Waals surface area contributed by atoms with Gasteiger partial charge in [0.15, 0.2) is 0 Å². The van der Waals surface area contributed by atoms with Gasteiger partial charge in [-0.05, 0) is 68.9 Å². The van der Waals surface area contributed by atoms with E-state index in [2.05, 4.69) is 53.7 Å². The summed E-state index contributed by atoms with van der Waals surface area (Å²) in [6.07, 6.45) is 13.7. The van der Waals surface area contributed by atoms with Crippen LogP contribution in [0.5, 0.6) is 11.5 Å². The topological polar surface area (TPSA) is 27.7 Å². The van der Waals surface area contributed by atoms with E-state index in [1.807, 2.05) is 25.1 Å². The first kappa shape index (κ1) is 37.8. The minimum atomic E-state index is -0.913. The van der Waals surface area contributed by atoms with Crippen molar-refractivity contribution in [3.8, 4) is 11.5 Å². The highest BCUT2D eigenvalue weighted by Gasteiger charge is 2.40. The molecule has 0 aliphatic carbocycles. The molecule has 0 bridgehead atoms. The number of hydrogen-bond acceptors (Lipinski definition) is 3. The molecule has 0 fully saturated rings. The van der Waals surface area contributed by atoms with E-state index in [4.69, 9.17) is 37.2 Å². The maximum atomic E-state index is 7.29. The molecule has 4 nitrogen and oxygen atoms in total. The number of halogens is 2. The second-order valence-corrected chi connectivity index (χ2v) is 13.0. The van der Waals surface area contributed by atoms with Crippen molar-refractivity contribution in [2.75, 3.05) is 26.2 Å². The van der Waals surface area contributed by atoms with Crippen LogP contribution in [0.15, 0.2) is 30.3 Å². The molecule has 1 unspecified atom stereocenters. The monoisotopic (exact) mass is 634 g/mol. The van der Waals surface area contributed by atoms with E-state index in [9.17, 15) is 0 Å². The average Bonchev–Trinajstić information content (AvgIpc) is 3.00. The van der Waals surface area contributed by atoms with Crippen molar-refractivity contribution >= 4 is 30.5 Å². The second-order valence-electron chi connectivity index (χ2n) is 12.2. The fraction of sp³-hybridized carbons (Fsp3) is 0.667. The number of rotatable bonds is 23. The van der Waals surface area contributed by atoms with Crippen LogP contribution in [0.1, 0.15) is 134 Å². The Kier molecular flexibility index (Phi) is 18.1. The second kappa shape index (κ2) is 20.6. The molecule has 0 spiro atoms. The Hall–Kier alpha value is -1.40. The van der Waals surface area contributed by atoms with Crippen molar-refractivity contribution in [2.45, 2.75) is 132 Å². The molecular weight excluding hydrogens is 576 g/mol. The molecule has 0 N–H and O–H groups in total. The maximum absolute atomic E-state index is 7.29. The first-order chi connectivity index (χ1) is 20.8. The zero-order valence-electron chi connectivity index (χ0n) is 28.3. The number of nitrogens with zero attached hydrogens (tertiary/aromatic N) is 1. The predicted octanol–water partition coefficient (Wildman–Crippen LogP) is 11.7. The largest absolute Gasteiger partial charge is 0.788 e. The molecule has 0 saturated heterocycles. The van der Waals surface area contributed by atoms with Gasteiger partial charge in [-0.15, -0.1) is 0 Å². The van der Waals surface area contributed by atoms with Crippen LogP contribution < -0.4 is 9.31 Å². The molecular formula is C36H59BCl2NO3+. The van der Waals surface area contributed by atoms with E-state index in [1.165, 1.54) is 51.4 Å². The van der Waals surface area contributed by atoms with Crippen LogP contribution in [0.25, 0.3) is 0 Å². The fourth-order valence-electron chi connectivity index (χ4n) is 5.95. The third kappa shape index (κ3) is 11.8. The van der Waals surface area contributed by atoms with Crippen LogP contribution in [0, 0.1) is 13.8 Å². The van der Waals surface area contributed by atoms with Gasteiger partial charge in [0.25, 0.3) is 0 Å². The SMILES string of the molecule is CCCCCCOB(Oc1ccc(C)c(Cl)c1)Oc1ccc(C)c(Cl)c1C(CCC)[N+](CCCC)(CCCC)CCCC. The molecule has 2 rings (SSSR count). The van der Waals surface area contributed by atoms with Crippen molar-refractivity contribution in [3.63, 3.8) is 0 Å². The molecule has 0 saturated carbocycles. The van der Waals surface area contributed by atoms with Crippen molar-refractivity contribution in [1.29, 1.82) is 0 Å². The van der Waals surface area contributed by atoms with Crippen molar-refractivity contribution in [3.05, 3.63) is 57.1 Å². The Labute approximate surface area is 274 Å². The summed E-state index contributed by atoms with van der Waals surface area (Å²) in [5.74, 6) is 1.39. The molecule has 1 atom stereocenters. The molecule has 2 aromatic rings. The fourth-order valence-corrected chi connectivity index (χ4v) is 6.40. The van der Waals surface area contributed by atoms with Gasteiger partial charge in [-0.3, -0.25) is 0 Å². The molecule has 2 aromatic carbocycles. The molecule has 0 aliphatic heterocycles. The Morgan fingerprint density at radius 2 is 1.30 bits per heavy atom. The Balaban J connectivity index is 2.59. The first-order valence-electron chi connectivity index (χ1n) is 17.1. The third-order valence-corrected chi connectivity index (χ3v) is 9.52. The van der Waals surface area contributed by atoms with Crippen molar-refractivity contribution in [2.24, 2.45) is 0 Å². The highest BCUT2D eigenvalue weighted by molar-refractivity contribution is 6.39. The van der Waals surface area contributed by atoms with Crippen LogP contribution in [-0.2, 0) is 4.65 Å². The summed E-state index contributed by atoms with van der Waals surface area (Å²) in [5.41, 5.74) is 3.19. The van der Waals surface area contributed by atoms with Gasteiger partial charge < -0.3 is 18.4 Å². The minimum Gasteiger partial charge on any atom is -0.501 e. The van der Waals surface area contributed by atoms with Gasteiger partial charge in [0.1, 0.15) is 17.5 Å². The van der Waals surface area contributed by atoms with Crippen LogP contribution >= 0.6 is 23.2 Å². The molecule has 0 aliphatic rings. The summed E-state index contributed by atoms with van der Waals surface area (Å²) < 4.78 is 20.4. The van der Waals surface area contributed by atoms with Gasteiger partial charge in [0.2, 0.25) is 0 Å². The summed E-state index contributed by atoms with van der Waals surface area (Å²) in [6, 6.07) is 10.1. The summed E-state index contributed by atoms with van der Waals surface area (Å²) in [4.78, 5) is 0. The number of quaternary nitrogens is 1. The van der Waals surface area contributed by atoms with E-state index >= 15 is 0 Å². The average molecular weight is 636 g/mol. The summed E-state index contributed by atoms with van der Waals surface area (Å²) in [6.45, 7) is 19.5. The Morgan fingerprint density at radius 1 is 0.698 bits per heavy atom. The van der Waals surface area contributed by atoms with Gasteiger partial charge in [0, 0.05) is 18.1 Å². The van der Waals surface area contributed by atoms with Gasteiger partial charge in [-0.25, -0.2) is 0 Å². The van der Waals surface area contributed by atoms with E-state index in [1.54, 1.807) is 0 Å². The molecule has 0 amide bonds. The van der Waals surface area contributed by atoms with Gasteiger partial charge >= 0.3 is 7.32 Å². The lowest BCUT2D eigenvalue weighted by Crippen LogP contribution is -2.53. The zero-order chi connectivity index (χ0) is 31.7. The van der Waals surface area contributed by atoms with E-state index in [0.717, 1.165) is 77.3 Å². The Morgan fingerprint density at radius 3 is 1.86 bits per heavy atom. The standard InChI is InChI=1S/C36H59BCl2NO3/c1-8-13-17-18-27-41-37(42-31-22-20-29(6)32(38)28-31)43-34-23-21-30(7)36(39)35(34)33(19-12-5)40(24-14-9-2,25-15-10-3)26-16-11-4/h20-23,28,33H,8-19,24-27H2,1-7H3/q+1. The minimum absolute atomic E-state index is 0.232. The molecule has 0 radical (unpaired) electrons. The maximum Gasteiger partial charge on any atom is 0.788 e. The Bertz CT molecular complexity index is 1050. The summed E-state index contributed by atoms with van der Waals surface area (Å²) >= 11 is 13.7. The highest BCUT2D eigenvalue weighted by atomic mass is 35.5. The molecule has 0 aromatic heterocycles. The molecule has 7 heteroatoms. The number of benzene rings is 2.